The molecule has 0 amide bonds. The van der Waals surface area contributed by atoms with Crippen LogP contribution < -0.4 is 10.2 Å². The number of hydrogen-bond donors (Lipinski definition) is 1. The van der Waals surface area contributed by atoms with Crippen molar-refractivity contribution in [2.24, 2.45) is 0 Å². The predicted octanol–water partition coefficient (Wildman–Crippen LogP) is 2.23. The number of benzene rings is 2. The maximum atomic E-state index is 12.7. The molecule has 7 nitrogen and oxygen atoms in total. The Morgan fingerprint density at radius 3 is 2.13 bits per heavy atom. The van der Waals surface area contributed by atoms with Crippen LogP contribution in [0.1, 0.15) is 0 Å². The van der Waals surface area contributed by atoms with Gasteiger partial charge in [0.2, 0.25) is 10.0 Å². The number of anilines is 2. The van der Waals surface area contributed by atoms with Gasteiger partial charge in [0, 0.05) is 50.6 Å². The van der Waals surface area contributed by atoms with E-state index in [-0.39, 0.29) is 4.90 Å². The van der Waals surface area contributed by atoms with E-state index in [0.717, 1.165) is 31.9 Å². The lowest BCUT2D eigenvalue weighted by atomic mass is 10.2. The topological polar surface area (TPSA) is 65.1 Å². The Labute approximate surface area is 183 Å². The van der Waals surface area contributed by atoms with Crippen molar-refractivity contribution in [2.75, 3.05) is 62.7 Å². The Morgan fingerprint density at radius 1 is 0.867 bits per heavy atom. The van der Waals surface area contributed by atoms with Gasteiger partial charge in [0.25, 0.3) is 0 Å². The summed E-state index contributed by atoms with van der Waals surface area (Å²) in [5.74, 6) is 0. The van der Waals surface area contributed by atoms with Gasteiger partial charge in [0.05, 0.1) is 18.1 Å². The van der Waals surface area contributed by atoms with Crippen LogP contribution >= 0.6 is 12.2 Å². The van der Waals surface area contributed by atoms with Crippen LogP contribution in [0, 0.1) is 0 Å². The lowest BCUT2D eigenvalue weighted by Gasteiger charge is -2.37. The Morgan fingerprint density at radius 2 is 1.50 bits per heavy atom. The number of rotatable bonds is 4. The number of piperazine rings is 1. The number of thiocarbonyl (C=S) groups is 1. The molecule has 0 radical (unpaired) electrons. The minimum atomic E-state index is -3.48. The maximum absolute atomic E-state index is 12.7. The SMILES string of the molecule is O=S(=O)(c1ccc(NC(=S)N2CCN(c3ccccc3)CC2)cc1)N1CCOCC1. The van der Waals surface area contributed by atoms with Crippen molar-refractivity contribution in [3.63, 3.8) is 0 Å². The van der Waals surface area contributed by atoms with Gasteiger partial charge in [-0.3, -0.25) is 0 Å². The second kappa shape index (κ2) is 9.30. The van der Waals surface area contributed by atoms with Gasteiger partial charge in [-0.2, -0.15) is 4.31 Å². The third-order valence-electron chi connectivity index (χ3n) is 5.40. The Kier molecular flexibility index (Phi) is 6.52. The molecule has 0 unspecified atom stereocenters. The monoisotopic (exact) mass is 446 g/mol. The van der Waals surface area contributed by atoms with E-state index in [2.05, 4.69) is 39.4 Å². The summed E-state index contributed by atoms with van der Waals surface area (Å²) in [6.45, 7) is 5.14. The third kappa shape index (κ3) is 4.75. The first-order valence-corrected chi connectivity index (χ1v) is 11.9. The molecular formula is C21H26N4O3S2. The average molecular weight is 447 g/mol. The largest absolute Gasteiger partial charge is 0.379 e. The molecule has 2 aliphatic rings. The molecule has 0 atom stereocenters. The van der Waals surface area contributed by atoms with E-state index in [1.165, 1.54) is 9.99 Å². The van der Waals surface area contributed by atoms with E-state index in [1.54, 1.807) is 24.3 Å². The van der Waals surface area contributed by atoms with Crippen LogP contribution in [0.3, 0.4) is 0 Å². The van der Waals surface area contributed by atoms with Gasteiger partial charge in [0.15, 0.2) is 5.11 Å². The molecule has 0 aliphatic carbocycles. The van der Waals surface area contributed by atoms with Crippen molar-refractivity contribution in [1.82, 2.24) is 9.21 Å². The van der Waals surface area contributed by atoms with Crippen molar-refractivity contribution in [1.29, 1.82) is 0 Å². The number of nitrogens with one attached hydrogen (secondary N) is 1. The van der Waals surface area contributed by atoms with Crippen LogP contribution in [-0.4, -0.2) is 75.2 Å². The summed E-state index contributed by atoms with van der Waals surface area (Å²) in [7, 11) is -3.48. The highest BCUT2D eigenvalue weighted by atomic mass is 32.2. The summed E-state index contributed by atoms with van der Waals surface area (Å²) in [5, 5.41) is 3.89. The smallest absolute Gasteiger partial charge is 0.243 e. The molecule has 160 valence electrons. The number of ether oxygens (including phenoxy) is 1. The first-order valence-electron chi connectivity index (χ1n) is 10.1. The number of morpholine rings is 1. The van der Waals surface area contributed by atoms with E-state index in [0.29, 0.717) is 31.4 Å². The van der Waals surface area contributed by atoms with Gasteiger partial charge in [-0.25, -0.2) is 8.42 Å². The Balaban J connectivity index is 1.33. The molecule has 2 saturated heterocycles. The van der Waals surface area contributed by atoms with Gasteiger partial charge >= 0.3 is 0 Å². The highest BCUT2D eigenvalue weighted by molar-refractivity contribution is 7.89. The highest BCUT2D eigenvalue weighted by Gasteiger charge is 2.26. The van der Waals surface area contributed by atoms with E-state index < -0.39 is 10.0 Å². The van der Waals surface area contributed by atoms with Crippen LogP contribution in [0.4, 0.5) is 11.4 Å². The van der Waals surface area contributed by atoms with Gasteiger partial charge in [-0.05, 0) is 48.6 Å². The van der Waals surface area contributed by atoms with E-state index >= 15 is 0 Å². The lowest BCUT2D eigenvalue weighted by Crippen LogP contribution is -2.50. The molecule has 0 aromatic heterocycles. The quantitative estimate of drug-likeness (QED) is 0.723. The molecule has 2 aliphatic heterocycles. The number of nitrogens with zero attached hydrogens (tertiary/aromatic N) is 3. The van der Waals surface area contributed by atoms with Crippen LogP contribution in [0.5, 0.6) is 0 Å². The molecule has 0 saturated carbocycles. The Bertz CT molecular complexity index is 954. The fourth-order valence-corrected chi connectivity index (χ4v) is 5.36. The summed E-state index contributed by atoms with van der Waals surface area (Å²) in [6.07, 6.45) is 0. The zero-order chi connectivity index (χ0) is 21.0. The zero-order valence-electron chi connectivity index (χ0n) is 16.7. The first-order chi connectivity index (χ1) is 14.5. The van der Waals surface area contributed by atoms with Gasteiger partial charge in [-0.15, -0.1) is 0 Å². The Hall–Kier alpha value is -2.20. The van der Waals surface area contributed by atoms with Gasteiger partial charge in [-0.1, -0.05) is 18.2 Å². The number of hydrogen-bond acceptors (Lipinski definition) is 5. The van der Waals surface area contributed by atoms with Gasteiger partial charge < -0.3 is 19.9 Å². The van der Waals surface area contributed by atoms with Crippen molar-refractivity contribution in [3.8, 4) is 0 Å². The molecule has 2 fully saturated rings. The van der Waals surface area contributed by atoms with E-state index in [4.69, 9.17) is 17.0 Å². The average Bonchev–Trinajstić information content (AvgIpc) is 2.81. The summed E-state index contributed by atoms with van der Waals surface area (Å²) in [6, 6.07) is 17.2. The zero-order valence-corrected chi connectivity index (χ0v) is 18.4. The van der Waals surface area contributed by atoms with Crippen molar-refractivity contribution >= 4 is 38.7 Å². The predicted molar refractivity (Wildman–Crippen MR) is 122 cm³/mol. The van der Waals surface area contributed by atoms with Crippen molar-refractivity contribution in [3.05, 3.63) is 54.6 Å². The van der Waals surface area contributed by atoms with E-state index in [1.807, 2.05) is 6.07 Å². The summed E-state index contributed by atoms with van der Waals surface area (Å²) in [5.41, 5.74) is 2.01. The fourth-order valence-electron chi connectivity index (χ4n) is 3.66. The molecule has 0 bridgehead atoms. The minimum Gasteiger partial charge on any atom is -0.379 e. The second-order valence-electron chi connectivity index (χ2n) is 7.28. The molecule has 4 rings (SSSR count). The molecule has 2 heterocycles. The minimum absolute atomic E-state index is 0.289. The van der Waals surface area contributed by atoms with Crippen LogP contribution in [0.25, 0.3) is 0 Å². The van der Waals surface area contributed by atoms with Crippen molar-refractivity contribution < 1.29 is 13.2 Å². The fraction of sp³-hybridized carbons (Fsp3) is 0.381. The lowest BCUT2D eigenvalue weighted by molar-refractivity contribution is 0.0730. The third-order valence-corrected chi connectivity index (χ3v) is 7.67. The molecule has 0 spiro atoms. The molecular weight excluding hydrogens is 420 g/mol. The van der Waals surface area contributed by atoms with E-state index in [9.17, 15) is 8.42 Å². The summed E-state index contributed by atoms with van der Waals surface area (Å²) in [4.78, 5) is 4.79. The molecule has 1 N–H and O–H groups in total. The number of sulfonamides is 1. The van der Waals surface area contributed by atoms with Crippen LogP contribution in [-0.2, 0) is 14.8 Å². The standard InChI is InChI=1S/C21H26N4O3S2/c26-30(27,25-14-16-28-17-15-25)20-8-6-18(7-9-20)22-21(29)24-12-10-23(11-13-24)19-4-2-1-3-5-19/h1-9H,10-17H2,(H,22,29). The molecule has 2 aromatic rings. The molecule has 2 aromatic carbocycles. The summed E-state index contributed by atoms with van der Waals surface area (Å²) < 4.78 is 32.2. The second-order valence-corrected chi connectivity index (χ2v) is 9.61. The maximum Gasteiger partial charge on any atom is 0.243 e. The van der Waals surface area contributed by atoms with Crippen LogP contribution in [0.2, 0.25) is 0 Å². The van der Waals surface area contributed by atoms with Crippen molar-refractivity contribution in [2.45, 2.75) is 4.90 Å². The van der Waals surface area contributed by atoms with Crippen LogP contribution in [0.15, 0.2) is 59.5 Å². The van der Waals surface area contributed by atoms with Gasteiger partial charge in [0.1, 0.15) is 0 Å². The first kappa shape index (κ1) is 21.0. The molecule has 30 heavy (non-hydrogen) atoms. The molecule has 9 heteroatoms. The highest BCUT2D eigenvalue weighted by Crippen LogP contribution is 2.20. The normalized spacial score (nSPS) is 18.3. The number of para-hydroxylation sites is 1. The summed E-state index contributed by atoms with van der Waals surface area (Å²) >= 11 is 5.58.